The maximum Gasteiger partial charge on any atom is 0.573 e. The Morgan fingerprint density at radius 3 is 2.14 bits per heavy atom. The summed E-state index contributed by atoms with van der Waals surface area (Å²) in [6.07, 6.45) is -10.4. The van der Waals surface area contributed by atoms with Crippen LogP contribution >= 0.6 is 0 Å². The second-order valence-electron chi connectivity index (χ2n) is 3.55. The van der Waals surface area contributed by atoms with Crippen molar-refractivity contribution in [2.24, 2.45) is 0 Å². The Hall–Kier alpha value is -2.20. The molecule has 0 bridgehead atoms. The fourth-order valence-electron chi connectivity index (χ4n) is 1.42. The minimum absolute atomic E-state index is 0.00845. The molecule has 0 N–H and O–H groups in total. The SMILES string of the molecule is CCOc1c([N+](=O)[O-])cc(OC(F)(F)F)cc1C(F)(F)F. The highest BCUT2D eigenvalue weighted by Crippen LogP contribution is 2.44. The summed E-state index contributed by atoms with van der Waals surface area (Å²) in [4.78, 5) is 9.43. The van der Waals surface area contributed by atoms with Crippen molar-refractivity contribution in [3.05, 3.63) is 27.8 Å². The van der Waals surface area contributed by atoms with Crippen molar-refractivity contribution in [2.75, 3.05) is 6.61 Å². The van der Waals surface area contributed by atoms with E-state index in [2.05, 4.69) is 9.47 Å². The van der Waals surface area contributed by atoms with Crippen LogP contribution in [0.1, 0.15) is 12.5 Å². The van der Waals surface area contributed by atoms with Crippen molar-refractivity contribution in [3.63, 3.8) is 0 Å². The van der Waals surface area contributed by atoms with Crippen molar-refractivity contribution in [1.29, 1.82) is 0 Å². The fourth-order valence-corrected chi connectivity index (χ4v) is 1.42. The Kier molecular flexibility index (Phi) is 4.54. The van der Waals surface area contributed by atoms with E-state index in [1.54, 1.807) is 0 Å². The van der Waals surface area contributed by atoms with Crippen LogP contribution in [0.15, 0.2) is 12.1 Å². The number of hydrogen-bond acceptors (Lipinski definition) is 4. The van der Waals surface area contributed by atoms with Crippen molar-refractivity contribution in [3.8, 4) is 11.5 Å². The average molecular weight is 319 g/mol. The Balaban J connectivity index is 3.53. The lowest BCUT2D eigenvalue weighted by Gasteiger charge is -2.16. The summed E-state index contributed by atoms with van der Waals surface area (Å²) in [5.41, 5.74) is -3.00. The van der Waals surface area contributed by atoms with E-state index in [-0.39, 0.29) is 18.7 Å². The second-order valence-corrected chi connectivity index (χ2v) is 3.55. The Morgan fingerprint density at radius 1 is 1.19 bits per heavy atom. The van der Waals surface area contributed by atoms with Crippen molar-refractivity contribution in [1.82, 2.24) is 0 Å². The van der Waals surface area contributed by atoms with Crippen molar-refractivity contribution >= 4 is 5.69 Å². The zero-order valence-electron chi connectivity index (χ0n) is 10.2. The number of hydrogen-bond donors (Lipinski definition) is 0. The summed E-state index contributed by atoms with van der Waals surface area (Å²) >= 11 is 0. The summed E-state index contributed by atoms with van der Waals surface area (Å²) in [5.74, 6) is -2.52. The van der Waals surface area contributed by atoms with Gasteiger partial charge in [0.2, 0.25) is 5.75 Å². The standard InChI is InChI=1S/C10H7F6NO4/c1-2-20-8-6(9(11,12)13)3-5(21-10(14,15)16)4-7(8)17(18)19/h3-4H,2H2,1H3. The lowest BCUT2D eigenvalue weighted by atomic mass is 10.1. The number of ether oxygens (including phenoxy) is 2. The van der Waals surface area contributed by atoms with Gasteiger partial charge < -0.3 is 9.47 Å². The zero-order valence-corrected chi connectivity index (χ0v) is 10.2. The first-order chi connectivity index (χ1) is 9.45. The lowest BCUT2D eigenvalue weighted by molar-refractivity contribution is -0.386. The first-order valence-electron chi connectivity index (χ1n) is 5.24. The van der Waals surface area contributed by atoms with E-state index in [1.807, 2.05) is 0 Å². The van der Waals surface area contributed by atoms with Crippen LogP contribution in [0.4, 0.5) is 32.0 Å². The van der Waals surface area contributed by atoms with Gasteiger partial charge in [0.05, 0.1) is 17.6 Å². The molecule has 0 unspecified atom stereocenters. The van der Waals surface area contributed by atoms with Crippen LogP contribution in [-0.4, -0.2) is 17.9 Å². The Bertz CT molecular complexity index is 540. The van der Waals surface area contributed by atoms with E-state index in [1.165, 1.54) is 6.92 Å². The second kappa shape index (κ2) is 5.66. The van der Waals surface area contributed by atoms with E-state index in [4.69, 9.17) is 0 Å². The van der Waals surface area contributed by atoms with Gasteiger partial charge in [0.25, 0.3) is 0 Å². The number of nitrogens with zero attached hydrogens (tertiary/aromatic N) is 1. The molecule has 0 aliphatic rings. The van der Waals surface area contributed by atoms with Crippen molar-refractivity contribution in [2.45, 2.75) is 19.5 Å². The molecule has 0 saturated heterocycles. The molecule has 1 rings (SSSR count). The summed E-state index contributed by atoms with van der Waals surface area (Å²) < 4.78 is 82.3. The Labute approximate surface area is 113 Å². The van der Waals surface area contributed by atoms with E-state index in [9.17, 15) is 36.5 Å². The van der Waals surface area contributed by atoms with Gasteiger partial charge in [0, 0.05) is 0 Å². The topological polar surface area (TPSA) is 61.6 Å². The van der Waals surface area contributed by atoms with Gasteiger partial charge >= 0.3 is 18.2 Å². The minimum atomic E-state index is -5.29. The predicted molar refractivity (Wildman–Crippen MR) is 56.0 cm³/mol. The van der Waals surface area contributed by atoms with Crippen LogP contribution in [0.3, 0.4) is 0 Å². The van der Waals surface area contributed by atoms with Crippen LogP contribution in [-0.2, 0) is 6.18 Å². The molecule has 1 aromatic rings. The minimum Gasteiger partial charge on any atom is -0.487 e. The molecule has 11 heteroatoms. The van der Waals surface area contributed by atoms with Crippen LogP contribution in [0, 0.1) is 10.1 Å². The molecular formula is C10H7F6NO4. The quantitative estimate of drug-likeness (QED) is 0.479. The molecule has 0 aliphatic carbocycles. The third kappa shape index (κ3) is 4.39. The molecule has 1 aromatic carbocycles. The number of halogens is 6. The molecule has 0 amide bonds. The number of alkyl halides is 6. The highest BCUT2D eigenvalue weighted by atomic mass is 19.4. The van der Waals surface area contributed by atoms with Gasteiger partial charge in [-0.3, -0.25) is 10.1 Å². The molecule has 0 atom stereocenters. The van der Waals surface area contributed by atoms with E-state index >= 15 is 0 Å². The molecule has 0 saturated carbocycles. The summed E-state index contributed by atoms with van der Waals surface area (Å²) in [5, 5.41) is 10.7. The van der Waals surface area contributed by atoms with Crippen LogP contribution < -0.4 is 9.47 Å². The number of nitro benzene ring substituents is 1. The Morgan fingerprint density at radius 2 is 1.76 bits per heavy atom. The monoisotopic (exact) mass is 319 g/mol. The molecule has 5 nitrogen and oxygen atoms in total. The summed E-state index contributed by atoms with van der Waals surface area (Å²) in [6.45, 7) is 0.924. The van der Waals surface area contributed by atoms with Gasteiger partial charge in [-0.05, 0) is 13.0 Å². The highest BCUT2D eigenvalue weighted by molar-refractivity contribution is 5.57. The number of benzene rings is 1. The van der Waals surface area contributed by atoms with E-state index in [0.717, 1.165) is 0 Å². The zero-order chi connectivity index (χ0) is 16.4. The summed E-state index contributed by atoms with van der Waals surface area (Å²) in [7, 11) is 0. The molecule has 118 valence electrons. The average Bonchev–Trinajstić information content (AvgIpc) is 2.27. The molecule has 0 fully saturated rings. The fraction of sp³-hybridized carbons (Fsp3) is 0.400. The summed E-state index contributed by atoms with van der Waals surface area (Å²) in [6, 6.07) is 0.208. The maximum absolute atomic E-state index is 12.8. The molecule has 21 heavy (non-hydrogen) atoms. The largest absolute Gasteiger partial charge is 0.573 e. The molecular weight excluding hydrogens is 312 g/mol. The van der Waals surface area contributed by atoms with E-state index < -0.39 is 40.2 Å². The van der Waals surface area contributed by atoms with Gasteiger partial charge in [0.15, 0.2) is 0 Å². The van der Waals surface area contributed by atoms with Gasteiger partial charge in [-0.1, -0.05) is 0 Å². The first kappa shape index (κ1) is 16.9. The number of rotatable bonds is 4. The molecule has 0 aliphatic heterocycles. The third-order valence-corrected chi connectivity index (χ3v) is 2.07. The van der Waals surface area contributed by atoms with E-state index in [0.29, 0.717) is 0 Å². The molecule has 0 radical (unpaired) electrons. The van der Waals surface area contributed by atoms with Gasteiger partial charge in [-0.25, -0.2) is 0 Å². The smallest absolute Gasteiger partial charge is 0.487 e. The van der Waals surface area contributed by atoms with Crippen LogP contribution in [0.2, 0.25) is 0 Å². The maximum atomic E-state index is 12.8. The van der Waals surface area contributed by atoms with Gasteiger partial charge in [-0.2, -0.15) is 13.2 Å². The third-order valence-electron chi connectivity index (χ3n) is 2.07. The molecule has 0 aromatic heterocycles. The lowest BCUT2D eigenvalue weighted by Crippen LogP contribution is -2.18. The normalized spacial score (nSPS) is 12.1. The van der Waals surface area contributed by atoms with Crippen LogP contribution in [0.5, 0.6) is 11.5 Å². The predicted octanol–water partition coefficient (Wildman–Crippen LogP) is 3.91. The van der Waals surface area contributed by atoms with Crippen LogP contribution in [0.25, 0.3) is 0 Å². The number of nitro groups is 1. The highest BCUT2D eigenvalue weighted by Gasteiger charge is 2.41. The van der Waals surface area contributed by atoms with Gasteiger partial charge in [-0.15, -0.1) is 13.2 Å². The van der Waals surface area contributed by atoms with Gasteiger partial charge in [0.1, 0.15) is 11.3 Å². The molecule has 0 spiro atoms. The van der Waals surface area contributed by atoms with Crippen molar-refractivity contribution < 1.29 is 40.7 Å². The molecule has 0 heterocycles. The first-order valence-corrected chi connectivity index (χ1v) is 5.24.